The molecule has 1 unspecified atom stereocenters. The number of aryl methyl sites for hydroxylation is 1. The number of aromatic nitrogens is 2. The first-order valence-electron chi connectivity index (χ1n) is 13.1. The van der Waals surface area contributed by atoms with Crippen LogP contribution in [0.1, 0.15) is 36.0 Å². The molecule has 1 aliphatic heterocycles. The zero-order valence-electron chi connectivity index (χ0n) is 21.1. The third-order valence-corrected chi connectivity index (χ3v) is 7.75. The summed E-state index contributed by atoms with van der Waals surface area (Å²) in [6.07, 6.45) is 10.3. The van der Waals surface area contributed by atoms with E-state index in [1.165, 1.54) is 22.1 Å². The lowest BCUT2D eigenvalue weighted by Crippen LogP contribution is -2.46. The Morgan fingerprint density at radius 1 is 1.00 bits per heavy atom. The van der Waals surface area contributed by atoms with Crippen molar-refractivity contribution < 1.29 is 4.79 Å². The Kier molecular flexibility index (Phi) is 7.77. The Balaban J connectivity index is 1.20. The molecule has 1 fully saturated rings. The number of pyridine rings is 1. The highest BCUT2D eigenvalue weighted by molar-refractivity contribution is 5.84. The van der Waals surface area contributed by atoms with Gasteiger partial charge in [0.15, 0.2) is 0 Å². The average molecular weight is 481 g/mol. The molecule has 0 spiro atoms. The number of aromatic amines is 1. The number of carbonyl (C=O) groups is 1. The number of hydrogen-bond donors (Lipinski definition) is 1. The fourth-order valence-electron chi connectivity index (χ4n) is 5.70. The van der Waals surface area contributed by atoms with E-state index >= 15 is 0 Å². The predicted molar refractivity (Wildman–Crippen MR) is 146 cm³/mol. The summed E-state index contributed by atoms with van der Waals surface area (Å²) >= 11 is 0. The van der Waals surface area contributed by atoms with Crippen LogP contribution in [0.15, 0.2) is 85.3 Å². The van der Waals surface area contributed by atoms with Gasteiger partial charge in [-0.25, -0.2) is 0 Å². The van der Waals surface area contributed by atoms with Crippen molar-refractivity contribution in [2.45, 2.75) is 44.7 Å². The number of para-hydroxylation sites is 1. The van der Waals surface area contributed by atoms with Crippen LogP contribution in [0.5, 0.6) is 0 Å². The van der Waals surface area contributed by atoms with Gasteiger partial charge in [0.05, 0.1) is 0 Å². The second kappa shape index (κ2) is 11.5. The lowest BCUT2D eigenvalue weighted by atomic mass is 9.84. The van der Waals surface area contributed by atoms with Crippen LogP contribution in [-0.4, -0.2) is 51.9 Å². The fourth-order valence-corrected chi connectivity index (χ4v) is 5.70. The SMILES string of the molecule is CN(Cc1ccncc1)C(Cc1ccccc1)C1CCN(C(=O)CCc2c[nH]c3ccccc23)CC1. The Labute approximate surface area is 214 Å². The van der Waals surface area contributed by atoms with Crippen LogP contribution < -0.4 is 0 Å². The summed E-state index contributed by atoms with van der Waals surface area (Å²) < 4.78 is 0. The van der Waals surface area contributed by atoms with Gasteiger partial charge in [0.1, 0.15) is 0 Å². The Morgan fingerprint density at radius 2 is 1.72 bits per heavy atom. The summed E-state index contributed by atoms with van der Waals surface area (Å²) in [4.78, 5) is 25.2. The molecule has 0 aliphatic carbocycles. The van der Waals surface area contributed by atoms with Crippen molar-refractivity contribution in [1.82, 2.24) is 19.8 Å². The quantitative estimate of drug-likeness (QED) is 0.345. The molecule has 1 atom stereocenters. The van der Waals surface area contributed by atoms with Crippen LogP contribution in [0, 0.1) is 5.92 Å². The van der Waals surface area contributed by atoms with Crippen molar-refractivity contribution in [2.75, 3.05) is 20.1 Å². The molecule has 2 aromatic heterocycles. The van der Waals surface area contributed by atoms with Crippen LogP contribution in [0.4, 0.5) is 0 Å². The molecule has 4 aromatic rings. The summed E-state index contributed by atoms with van der Waals surface area (Å²) in [5.41, 5.74) is 5.03. The molecule has 0 radical (unpaired) electrons. The van der Waals surface area contributed by atoms with Crippen molar-refractivity contribution in [3.8, 4) is 0 Å². The number of likely N-dealkylation sites (N-methyl/N-ethyl adjacent to an activating group) is 1. The maximum Gasteiger partial charge on any atom is 0.222 e. The minimum absolute atomic E-state index is 0.281. The summed E-state index contributed by atoms with van der Waals surface area (Å²) in [6.45, 7) is 2.61. The topological polar surface area (TPSA) is 52.2 Å². The van der Waals surface area contributed by atoms with Gasteiger partial charge in [0.2, 0.25) is 5.91 Å². The van der Waals surface area contributed by atoms with Crippen molar-refractivity contribution >= 4 is 16.8 Å². The van der Waals surface area contributed by atoms with E-state index < -0.39 is 0 Å². The number of nitrogens with one attached hydrogen (secondary N) is 1. The molecule has 1 aliphatic rings. The van der Waals surface area contributed by atoms with Crippen LogP contribution in [0.3, 0.4) is 0 Å². The summed E-state index contributed by atoms with van der Waals surface area (Å²) in [5.74, 6) is 0.846. The van der Waals surface area contributed by atoms with Crippen LogP contribution in [0.25, 0.3) is 10.9 Å². The first-order chi connectivity index (χ1) is 17.7. The van der Waals surface area contributed by atoms with Crippen LogP contribution in [0.2, 0.25) is 0 Å². The van der Waals surface area contributed by atoms with Crippen molar-refractivity contribution in [3.63, 3.8) is 0 Å². The van der Waals surface area contributed by atoms with Gasteiger partial charge in [-0.2, -0.15) is 0 Å². The monoisotopic (exact) mass is 480 g/mol. The molecular formula is C31H36N4O. The lowest BCUT2D eigenvalue weighted by molar-refractivity contribution is -0.132. The molecule has 5 rings (SSSR count). The van der Waals surface area contributed by atoms with Gasteiger partial charge in [0.25, 0.3) is 0 Å². The lowest BCUT2D eigenvalue weighted by Gasteiger charge is -2.40. The molecule has 36 heavy (non-hydrogen) atoms. The highest BCUT2D eigenvalue weighted by Gasteiger charge is 2.31. The maximum atomic E-state index is 13.1. The standard InChI is InChI=1S/C31H36N4O/c1-34(23-25-13-17-32-18-14-25)30(21-24-7-3-2-4-8-24)26-15-19-35(20-16-26)31(36)12-11-27-22-33-29-10-6-5-9-28(27)29/h2-10,13-14,17-18,22,26,30,33H,11-12,15-16,19-21,23H2,1H3. The molecular weight excluding hydrogens is 444 g/mol. The zero-order valence-corrected chi connectivity index (χ0v) is 21.1. The molecule has 5 heteroatoms. The number of H-pyrrole nitrogens is 1. The number of benzene rings is 2. The third kappa shape index (κ3) is 5.85. The molecule has 5 nitrogen and oxygen atoms in total. The van der Waals surface area contributed by atoms with E-state index in [1.54, 1.807) is 0 Å². The first-order valence-corrected chi connectivity index (χ1v) is 13.1. The van der Waals surface area contributed by atoms with E-state index in [2.05, 4.69) is 93.7 Å². The molecule has 1 amide bonds. The normalized spacial score (nSPS) is 15.4. The second-order valence-electron chi connectivity index (χ2n) is 10.1. The number of likely N-dealkylation sites (tertiary alicyclic amines) is 1. The van der Waals surface area contributed by atoms with Gasteiger partial charge in [-0.05, 0) is 73.5 Å². The number of piperidine rings is 1. The van der Waals surface area contributed by atoms with Crippen molar-refractivity contribution in [2.24, 2.45) is 5.92 Å². The fraction of sp³-hybridized carbons (Fsp3) is 0.355. The molecule has 2 aromatic carbocycles. The van der Waals surface area contributed by atoms with E-state index in [9.17, 15) is 4.79 Å². The Morgan fingerprint density at radius 3 is 2.50 bits per heavy atom. The maximum absolute atomic E-state index is 13.1. The number of hydrogen-bond acceptors (Lipinski definition) is 3. The molecule has 1 saturated heterocycles. The van der Waals surface area contributed by atoms with Gasteiger partial charge < -0.3 is 9.88 Å². The number of amides is 1. The number of carbonyl (C=O) groups excluding carboxylic acids is 1. The molecule has 186 valence electrons. The highest BCUT2D eigenvalue weighted by Crippen LogP contribution is 2.28. The number of rotatable bonds is 9. The van der Waals surface area contributed by atoms with Crippen LogP contribution in [-0.2, 0) is 24.2 Å². The third-order valence-electron chi connectivity index (χ3n) is 7.75. The van der Waals surface area contributed by atoms with Crippen molar-refractivity contribution in [1.29, 1.82) is 0 Å². The Bertz CT molecular complexity index is 1250. The van der Waals surface area contributed by atoms with Gasteiger partial charge in [-0.3, -0.25) is 14.7 Å². The van der Waals surface area contributed by atoms with Crippen LogP contribution >= 0.6 is 0 Å². The molecule has 0 saturated carbocycles. The van der Waals surface area contributed by atoms with Gasteiger partial charge in [-0.15, -0.1) is 0 Å². The molecule has 0 bridgehead atoms. The largest absolute Gasteiger partial charge is 0.361 e. The smallest absolute Gasteiger partial charge is 0.222 e. The van der Waals surface area contributed by atoms with Crippen molar-refractivity contribution in [3.05, 3.63) is 102 Å². The van der Waals surface area contributed by atoms with Gasteiger partial charge in [-0.1, -0.05) is 48.5 Å². The predicted octanol–water partition coefficient (Wildman–Crippen LogP) is 5.48. The van der Waals surface area contributed by atoms with Gasteiger partial charge in [0, 0.05) is 61.6 Å². The van der Waals surface area contributed by atoms with E-state index in [0.29, 0.717) is 18.4 Å². The molecule has 1 N–H and O–H groups in total. The summed E-state index contributed by atoms with van der Waals surface area (Å²) in [6, 6.07) is 23.8. The number of nitrogens with zero attached hydrogens (tertiary/aromatic N) is 3. The average Bonchev–Trinajstić information content (AvgIpc) is 3.35. The summed E-state index contributed by atoms with van der Waals surface area (Å²) in [5, 5.41) is 1.23. The minimum atomic E-state index is 0.281. The highest BCUT2D eigenvalue weighted by atomic mass is 16.2. The number of fused-ring (bicyclic) bond motifs is 1. The second-order valence-corrected chi connectivity index (χ2v) is 10.1. The molecule has 3 heterocycles. The summed E-state index contributed by atoms with van der Waals surface area (Å²) in [7, 11) is 2.24. The van der Waals surface area contributed by atoms with E-state index in [-0.39, 0.29) is 5.91 Å². The van der Waals surface area contributed by atoms with E-state index in [0.717, 1.165) is 50.8 Å². The minimum Gasteiger partial charge on any atom is -0.361 e. The van der Waals surface area contributed by atoms with E-state index in [1.807, 2.05) is 18.5 Å². The Hall–Kier alpha value is -3.44. The van der Waals surface area contributed by atoms with Gasteiger partial charge >= 0.3 is 0 Å². The zero-order chi connectivity index (χ0) is 24.7. The first kappa shape index (κ1) is 24.3. The van der Waals surface area contributed by atoms with E-state index in [4.69, 9.17) is 0 Å².